The minimum atomic E-state index is -0.250. The molecule has 126 valence electrons. The zero-order valence-electron chi connectivity index (χ0n) is 13.1. The first-order valence-electron chi connectivity index (χ1n) is 6.68. The molecule has 0 amide bonds. The van der Waals surface area contributed by atoms with E-state index < -0.39 is 0 Å². The number of aromatic nitrogens is 2. The predicted octanol–water partition coefficient (Wildman–Crippen LogP) is 2.72. The fourth-order valence-electron chi connectivity index (χ4n) is 1.86. The predicted molar refractivity (Wildman–Crippen MR) is 99.7 cm³/mol. The van der Waals surface area contributed by atoms with Crippen LogP contribution in [0.3, 0.4) is 0 Å². The zero-order valence-corrected chi connectivity index (χ0v) is 16.2. The third-order valence-corrected chi connectivity index (χ3v) is 3.73. The summed E-state index contributed by atoms with van der Waals surface area (Å²) in [6, 6.07) is 4.75. The summed E-state index contributed by atoms with van der Waals surface area (Å²) in [4.78, 5) is 9.23. The number of halogens is 2. The van der Waals surface area contributed by atoms with Crippen molar-refractivity contribution in [2.45, 2.75) is 24.9 Å². The SMILES string of the molecule is CN=C(NCc1noc(C)n1)NCc1cc(F)ccc1SC.I. The fraction of sp³-hybridized carbons (Fsp3) is 0.357. The third kappa shape index (κ3) is 5.98. The highest BCUT2D eigenvalue weighted by molar-refractivity contribution is 14.0. The van der Waals surface area contributed by atoms with Crippen molar-refractivity contribution in [2.75, 3.05) is 13.3 Å². The molecule has 0 aliphatic heterocycles. The van der Waals surface area contributed by atoms with E-state index in [2.05, 4.69) is 25.8 Å². The highest BCUT2D eigenvalue weighted by Crippen LogP contribution is 2.21. The maximum absolute atomic E-state index is 13.4. The molecule has 0 unspecified atom stereocenters. The van der Waals surface area contributed by atoms with E-state index in [1.54, 1.807) is 31.8 Å². The van der Waals surface area contributed by atoms with E-state index in [9.17, 15) is 4.39 Å². The Balaban J connectivity index is 0.00000264. The van der Waals surface area contributed by atoms with Gasteiger partial charge in [-0.2, -0.15) is 4.98 Å². The lowest BCUT2D eigenvalue weighted by molar-refractivity contribution is 0.387. The number of nitrogens with zero attached hydrogens (tertiary/aromatic N) is 3. The topological polar surface area (TPSA) is 75.3 Å². The van der Waals surface area contributed by atoms with Crippen molar-refractivity contribution < 1.29 is 8.91 Å². The van der Waals surface area contributed by atoms with Crippen LogP contribution in [0.25, 0.3) is 0 Å². The average Bonchev–Trinajstić information content (AvgIpc) is 2.93. The molecule has 9 heteroatoms. The number of aliphatic imine (C=N–C) groups is 1. The highest BCUT2D eigenvalue weighted by Gasteiger charge is 2.06. The summed E-state index contributed by atoms with van der Waals surface area (Å²) in [5.74, 6) is 1.40. The lowest BCUT2D eigenvalue weighted by Crippen LogP contribution is -2.36. The van der Waals surface area contributed by atoms with Gasteiger partial charge in [-0.05, 0) is 30.0 Å². The van der Waals surface area contributed by atoms with Gasteiger partial charge in [-0.15, -0.1) is 35.7 Å². The monoisotopic (exact) mass is 451 g/mol. The van der Waals surface area contributed by atoms with Crippen LogP contribution in [0.4, 0.5) is 4.39 Å². The standard InChI is InChI=1S/C14H18FN5OS.HI/c1-9-19-13(20-21-9)8-18-14(16-2)17-7-10-6-11(15)4-5-12(10)22-3;/h4-6H,7-8H2,1-3H3,(H2,16,17,18);1H. The Labute approximate surface area is 155 Å². The molecule has 23 heavy (non-hydrogen) atoms. The smallest absolute Gasteiger partial charge is 0.223 e. The average molecular weight is 451 g/mol. The van der Waals surface area contributed by atoms with Gasteiger partial charge in [0.2, 0.25) is 5.89 Å². The second-order valence-corrected chi connectivity index (χ2v) is 5.31. The van der Waals surface area contributed by atoms with Gasteiger partial charge in [0, 0.05) is 25.4 Å². The first-order chi connectivity index (χ1) is 10.6. The molecule has 1 aromatic heterocycles. The minimum Gasteiger partial charge on any atom is -0.352 e. The van der Waals surface area contributed by atoms with Crippen LogP contribution in [0.15, 0.2) is 32.6 Å². The summed E-state index contributed by atoms with van der Waals surface area (Å²) in [5, 5.41) is 10.0. The molecular weight excluding hydrogens is 432 g/mol. The number of guanidine groups is 1. The molecule has 0 aliphatic carbocycles. The molecule has 0 saturated heterocycles. The van der Waals surface area contributed by atoms with Gasteiger partial charge in [0.15, 0.2) is 11.8 Å². The molecule has 0 aliphatic rings. The van der Waals surface area contributed by atoms with Crippen LogP contribution in [-0.4, -0.2) is 29.4 Å². The molecule has 1 aromatic carbocycles. The summed E-state index contributed by atoms with van der Waals surface area (Å²) >= 11 is 1.58. The molecule has 2 N–H and O–H groups in total. The van der Waals surface area contributed by atoms with Crippen LogP contribution in [0, 0.1) is 12.7 Å². The van der Waals surface area contributed by atoms with Gasteiger partial charge in [-0.3, -0.25) is 4.99 Å². The van der Waals surface area contributed by atoms with Gasteiger partial charge in [0.05, 0.1) is 6.54 Å². The number of benzene rings is 1. The van der Waals surface area contributed by atoms with E-state index in [1.165, 1.54) is 12.1 Å². The molecule has 1 heterocycles. The summed E-state index contributed by atoms with van der Waals surface area (Å²) in [7, 11) is 1.66. The van der Waals surface area contributed by atoms with Gasteiger partial charge in [0.25, 0.3) is 0 Å². The number of thioether (sulfide) groups is 1. The quantitative estimate of drug-likeness (QED) is 0.315. The molecule has 0 atom stereocenters. The van der Waals surface area contributed by atoms with E-state index in [0.717, 1.165) is 10.5 Å². The van der Waals surface area contributed by atoms with Crippen molar-refractivity contribution in [1.82, 2.24) is 20.8 Å². The fourth-order valence-corrected chi connectivity index (χ4v) is 2.46. The summed E-state index contributed by atoms with van der Waals surface area (Å²) in [6.45, 7) is 2.60. The van der Waals surface area contributed by atoms with E-state index >= 15 is 0 Å². The van der Waals surface area contributed by atoms with E-state index in [1.807, 2.05) is 6.26 Å². The Hall–Kier alpha value is -1.36. The first-order valence-corrected chi connectivity index (χ1v) is 7.91. The largest absolute Gasteiger partial charge is 0.352 e. The molecule has 2 rings (SSSR count). The van der Waals surface area contributed by atoms with Crippen LogP contribution in [-0.2, 0) is 13.1 Å². The normalized spacial score (nSPS) is 11.0. The van der Waals surface area contributed by atoms with Crippen molar-refractivity contribution >= 4 is 41.7 Å². The van der Waals surface area contributed by atoms with Gasteiger partial charge < -0.3 is 15.2 Å². The summed E-state index contributed by atoms with van der Waals surface area (Å²) in [5.41, 5.74) is 0.880. The zero-order chi connectivity index (χ0) is 15.9. The van der Waals surface area contributed by atoms with Crippen LogP contribution in [0.5, 0.6) is 0 Å². The molecule has 2 aromatic rings. The maximum atomic E-state index is 13.4. The van der Waals surface area contributed by atoms with Crippen LogP contribution in [0.1, 0.15) is 17.3 Å². The number of nitrogens with one attached hydrogen (secondary N) is 2. The van der Waals surface area contributed by atoms with Crippen LogP contribution >= 0.6 is 35.7 Å². The van der Waals surface area contributed by atoms with Gasteiger partial charge in [0.1, 0.15) is 5.82 Å². The first kappa shape index (κ1) is 19.7. The van der Waals surface area contributed by atoms with E-state index in [-0.39, 0.29) is 29.8 Å². The molecule has 0 bridgehead atoms. The van der Waals surface area contributed by atoms with Crippen LogP contribution in [0.2, 0.25) is 0 Å². The lowest BCUT2D eigenvalue weighted by atomic mass is 10.2. The van der Waals surface area contributed by atoms with Crippen molar-refractivity contribution in [2.24, 2.45) is 4.99 Å². The molecule has 6 nitrogen and oxygen atoms in total. The number of hydrogen-bond acceptors (Lipinski definition) is 5. The second-order valence-electron chi connectivity index (χ2n) is 4.47. The summed E-state index contributed by atoms with van der Waals surface area (Å²) < 4.78 is 18.2. The molecule has 0 radical (unpaired) electrons. The van der Waals surface area contributed by atoms with Crippen molar-refractivity contribution in [3.63, 3.8) is 0 Å². The van der Waals surface area contributed by atoms with E-state index in [4.69, 9.17) is 4.52 Å². The molecule has 0 saturated carbocycles. The Morgan fingerprint density at radius 1 is 1.35 bits per heavy atom. The minimum absolute atomic E-state index is 0. The van der Waals surface area contributed by atoms with E-state index in [0.29, 0.717) is 30.8 Å². The number of aryl methyl sites for hydroxylation is 1. The summed E-state index contributed by atoms with van der Waals surface area (Å²) in [6.07, 6.45) is 1.96. The highest BCUT2D eigenvalue weighted by atomic mass is 127. The van der Waals surface area contributed by atoms with Crippen molar-refractivity contribution in [3.05, 3.63) is 41.3 Å². The second kappa shape index (κ2) is 9.71. The number of rotatable bonds is 5. The maximum Gasteiger partial charge on any atom is 0.223 e. The van der Waals surface area contributed by atoms with Crippen molar-refractivity contribution in [1.29, 1.82) is 0 Å². The van der Waals surface area contributed by atoms with Crippen LogP contribution < -0.4 is 10.6 Å². The van der Waals surface area contributed by atoms with Gasteiger partial charge in [-0.25, -0.2) is 4.39 Å². The molecule has 0 fully saturated rings. The third-order valence-electron chi connectivity index (χ3n) is 2.90. The van der Waals surface area contributed by atoms with Gasteiger partial charge >= 0.3 is 0 Å². The Bertz CT molecular complexity index is 664. The Morgan fingerprint density at radius 2 is 2.09 bits per heavy atom. The lowest BCUT2D eigenvalue weighted by Gasteiger charge is -2.12. The van der Waals surface area contributed by atoms with Crippen molar-refractivity contribution in [3.8, 4) is 0 Å². The number of hydrogen-bond donors (Lipinski definition) is 2. The van der Waals surface area contributed by atoms with Gasteiger partial charge in [-0.1, -0.05) is 5.16 Å². The Kier molecular flexibility index (Phi) is 8.31. The molecular formula is C14H19FIN5OS. The Morgan fingerprint density at radius 3 is 2.70 bits per heavy atom. The molecule has 0 spiro atoms.